The van der Waals surface area contributed by atoms with Crippen LogP contribution in [0.3, 0.4) is 0 Å². The molecule has 0 aliphatic heterocycles. The Morgan fingerprint density at radius 3 is 2.87 bits per heavy atom. The zero-order valence-corrected chi connectivity index (χ0v) is 11.1. The molecule has 0 bridgehead atoms. The number of benzene rings is 1. The van der Waals surface area contributed by atoms with Gasteiger partial charge in [-0.1, -0.05) is 33.6 Å². The van der Waals surface area contributed by atoms with E-state index in [4.69, 9.17) is 11.6 Å². The van der Waals surface area contributed by atoms with Gasteiger partial charge in [0.1, 0.15) is 0 Å². The molecule has 1 aromatic rings. The molecule has 3 heteroatoms. The maximum atomic E-state index is 6.19. The highest BCUT2D eigenvalue weighted by atomic mass is 79.9. The second-order valence-electron chi connectivity index (χ2n) is 4.24. The van der Waals surface area contributed by atoms with Gasteiger partial charge in [0, 0.05) is 15.5 Å². The van der Waals surface area contributed by atoms with Gasteiger partial charge in [-0.25, -0.2) is 0 Å². The Morgan fingerprint density at radius 1 is 1.53 bits per heavy atom. The number of rotatable bonds is 4. The van der Waals surface area contributed by atoms with Crippen LogP contribution in [0.5, 0.6) is 0 Å². The van der Waals surface area contributed by atoms with E-state index in [9.17, 15) is 0 Å². The molecule has 0 radical (unpaired) electrons. The molecule has 1 fully saturated rings. The summed E-state index contributed by atoms with van der Waals surface area (Å²) in [6.45, 7) is 3.28. The summed E-state index contributed by atoms with van der Waals surface area (Å²) < 4.78 is 1.03. The lowest BCUT2D eigenvalue weighted by molar-refractivity contribution is 0.549. The van der Waals surface area contributed by atoms with Crippen molar-refractivity contribution in [2.75, 3.05) is 6.54 Å². The smallest absolute Gasteiger partial charge is 0.0464 e. The fourth-order valence-electron chi connectivity index (χ4n) is 1.63. The van der Waals surface area contributed by atoms with Crippen LogP contribution in [0.15, 0.2) is 22.7 Å². The average molecular weight is 289 g/mol. The third-order valence-corrected chi connectivity index (χ3v) is 3.66. The van der Waals surface area contributed by atoms with E-state index >= 15 is 0 Å². The predicted octanol–water partition coefficient (Wildman–Crippen LogP) is 4.16. The van der Waals surface area contributed by atoms with Crippen molar-refractivity contribution in [3.8, 4) is 0 Å². The van der Waals surface area contributed by atoms with Crippen LogP contribution in [-0.2, 0) is 0 Å². The van der Waals surface area contributed by atoms with Gasteiger partial charge in [0.25, 0.3) is 0 Å². The summed E-state index contributed by atoms with van der Waals surface area (Å²) in [5.74, 6) is 0.904. The first-order chi connectivity index (χ1) is 7.16. The quantitative estimate of drug-likeness (QED) is 0.877. The largest absolute Gasteiger partial charge is 0.310 e. The Morgan fingerprint density at radius 2 is 2.27 bits per heavy atom. The summed E-state index contributed by atoms with van der Waals surface area (Å²) in [4.78, 5) is 0. The number of hydrogen-bond acceptors (Lipinski definition) is 1. The summed E-state index contributed by atoms with van der Waals surface area (Å²) >= 11 is 9.60. The molecule has 0 saturated heterocycles. The zero-order chi connectivity index (χ0) is 10.8. The topological polar surface area (TPSA) is 12.0 Å². The number of nitrogens with one attached hydrogen (secondary N) is 1. The van der Waals surface area contributed by atoms with E-state index in [1.165, 1.54) is 18.4 Å². The van der Waals surface area contributed by atoms with Crippen molar-refractivity contribution < 1.29 is 0 Å². The molecule has 1 N–H and O–H groups in total. The van der Waals surface area contributed by atoms with Gasteiger partial charge >= 0.3 is 0 Å². The molecule has 1 atom stereocenters. The molecule has 1 aromatic carbocycles. The second kappa shape index (κ2) is 4.86. The minimum atomic E-state index is 0.339. The third kappa shape index (κ3) is 3.20. The highest BCUT2D eigenvalue weighted by Gasteiger charge is 2.21. The summed E-state index contributed by atoms with van der Waals surface area (Å²) in [6, 6.07) is 6.41. The van der Waals surface area contributed by atoms with Gasteiger partial charge in [-0.05, 0) is 49.9 Å². The normalized spacial score (nSPS) is 17.8. The van der Waals surface area contributed by atoms with Crippen molar-refractivity contribution in [1.82, 2.24) is 5.32 Å². The van der Waals surface area contributed by atoms with Crippen LogP contribution >= 0.6 is 27.5 Å². The highest BCUT2D eigenvalue weighted by Crippen LogP contribution is 2.30. The van der Waals surface area contributed by atoms with Gasteiger partial charge < -0.3 is 5.32 Å². The molecule has 1 nitrogen and oxygen atoms in total. The molecule has 1 unspecified atom stereocenters. The summed E-state index contributed by atoms with van der Waals surface area (Å²) in [5, 5.41) is 4.35. The van der Waals surface area contributed by atoms with Crippen molar-refractivity contribution in [2.45, 2.75) is 25.8 Å². The number of hydrogen-bond donors (Lipinski definition) is 1. The van der Waals surface area contributed by atoms with Crippen LogP contribution in [0, 0.1) is 5.92 Å². The first-order valence-corrected chi connectivity index (χ1v) is 6.52. The Bertz CT molecular complexity index is 349. The van der Waals surface area contributed by atoms with E-state index in [0.29, 0.717) is 6.04 Å². The first kappa shape index (κ1) is 11.4. The summed E-state index contributed by atoms with van der Waals surface area (Å²) in [6.07, 6.45) is 2.77. The Hall–Kier alpha value is -0.0500. The van der Waals surface area contributed by atoms with E-state index < -0.39 is 0 Å². The van der Waals surface area contributed by atoms with Gasteiger partial charge in [0.05, 0.1) is 0 Å². The maximum absolute atomic E-state index is 6.19. The van der Waals surface area contributed by atoms with Crippen LogP contribution in [-0.4, -0.2) is 6.54 Å². The summed E-state index contributed by atoms with van der Waals surface area (Å²) in [5.41, 5.74) is 1.18. The summed E-state index contributed by atoms with van der Waals surface area (Å²) in [7, 11) is 0. The fraction of sp³-hybridized carbons (Fsp3) is 0.500. The van der Waals surface area contributed by atoms with E-state index in [1.54, 1.807) is 0 Å². The van der Waals surface area contributed by atoms with Crippen molar-refractivity contribution in [3.05, 3.63) is 33.3 Å². The van der Waals surface area contributed by atoms with Gasteiger partial charge in [-0.2, -0.15) is 0 Å². The third-order valence-electron chi connectivity index (χ3n) is 2.84. The predicted molar refractivity (Wildman–Crippen MR) is 68.3 cm³/mol. The van der Waals surface area contributed by atoms with E-state index in [0.717, 1.165) is 22.0 Å². The molecule has 0 spiro atoms. The average Bonchev–Trinajstić information content (AvgIpc) is 2.97. The Kier molecular flexibility index (Phi) is 3.70. The molecule has 1 saturated carbocycles. The van der Waals surface area contributed by atoms with Crippen molar-refractivity contribution >= 4 is 27.5 Å². The fourth-order valence-corrected chi connectivity index (χ4v) is 2.47. The van der Waals surface area contributed by atoms with Crippen molar-refractivity contribution in [2.24, 2.45) is 5.92 Å². The van der Waals surface area contributed by atoms with Gasteiger partial charge in [-0.15, -0.1) is 0 Å². The van der Waals surface area contributed by atoms with E-state index in [-0.39, 0.29) is 0 Å². The molecule has 1 aliphatic rings. The molecule has 0 heterocycles. The van der Waals surface area contributed by atoms with Gasteiger partial charge in [-0.3, -0.25) is 0 Å². The molecule has 15 heavy (non-hydrogen) atoms. The van der Waals surface area contributed by atoms with Crippen molar-refractivity contribution in [1.29, 1.82) is 0 Å². The molecule has 82 valence electrons. The SMILES string of the molecule is CC(NCC1CC1)c1ccc(Br)cc1Cl. The molecule has 0 amide bonds. The minimum Gasteiger partial charge on any atom is -0.310 e. The molecular weight excluding hydrogens is 273 g/mol. The lowest BCUT2D eigenvalue weighted by Crippen LogP contribution is -2.21. The first-order valence-electron chi connectivity index (χ1n) is 5.35. The van der Waals surface area contributed by atoms with Crippen LogP contribution < -0.4 is 5.32 Å². The molecule has 1 aliphatic carbocycles. The lowest BCUT2D eigenvalue weighted by atomic mass is 10.1. The van der Waals surface area contributed by atoms with Gasteiger partial charge in [0.15, 0.2) is 0 Å². The standard InChI is InChI=1S/C12H15BrClN/c1-8(15-7-9-2-3-9)11-5-4-10(13)6-12(11)14/h4-6,8-9,15H,2-3,7H2,1H3. The van der Waals surface area contributed by atoms with Crippen molar-refractivity contribution in [3.63, 3.8) is 0 Å². The monoisotopic (exact) mass is 287 g/mol. The zero-order valence-electron chi connectivity index (χ0n) is 8.76. The Balaban J connectivity index is 1.99. The van der Waals surface area contributed by atoms with E-state index in [1.807, 2.05) is 12.1 Å². The molecule has 2 rings (SSSR count). The van der Waals surface area contributed by atoms with Crippen LogP contribution in [0.1, 0.15) is 31.4 Å². The second-order valence-corrected chi connectivity index (χ2v) is 5.56. The highest BCUT2D eigenvalue weighted by molar-refractivity contribution is 9.10. The minimum absolute atomic E-state index is 0.339. The maximum Gasteiger partial charge on any atom is 0.0464 e. The molecule has 0 aromatic heterocycles. The van der Waals surface area contributed by atoms with Gasteiger partial charge in [0.2, 0.25) is 0 Å². The van der Waals surface area contributed by atoms with Crippen LogP contribution in [0.4, 0.5) is 0 Å². The number of halogens is 2. The molecular formula is C12H15BrClN. The van der Waals surface area contributed by atoms with Crippen LogP contribution in [0.2, 0.25) is 5.02 Å². The van der Waals surface area contributed by atoms with E-state index in [2.05, 4.69) is 34.2 Å². The lowest BCUT2D eigenvalue weighted by Gasteiger charge is -2.15. The Labute approximate surface area is 104 Å². The van der Waals surface area contributed by atoms with Crippen LogP contribution in [0.25, 0.3) is 0 Å².